The van der Waals surface area contributed by atoms with Gasteiger partial charge in [0.1, 0.15) is 0 Å². The molecule has 0 radical (unpaired) electrons. The number of alkyl halides is 2. The van der Waals surface area contributed by atoms with Crippen molar-refractivity contribution in [2.75, 3.05) is 6.61 Å². The molecule has 3 aliphatic rings. The van der Waals surface area contributed by atoms with E-state index < -0.39 is 33.9 Å². The molecule has 5 rings (SSSR count). The summed E-state index contributed by atoms with van der Waals surface area (Å²) in [5.41, 5.74) is 4.12. The monoisotopic (exact) mass is 394 g/mol. The molecule has 0 fully saturated rings. The van der Waals surface area contributed by atoms with Crippen molar-refractivity contribution in [2.24, 2.45) is 5.92 Å². The summed E-state index contributed by atoms with van der Waals surface area (Å²) in [6.07, 6.45) is 0.398. The molecule has 0 aliphatic heterocycles. The Morgan fingerprint density at radius 3 is 2.00 bits per heavy atom. The number of fused-ring (bicyclic) bond motifs is 1. The van der Waals surface area contributed by atoms with E-state index in [1.54, 1.807) is 0 Å². The van der Waals surface area contributed by atoms with Gasteiger partial charge in [-0.2, -0.15) is 17.2 Å². The predicted octanol–water partition coefficient (Wildman–Crippen LogP) is 3.31. The molecule has 3 aliphatic carbocycles. The molecule has 0 amide bonds. The van der Waals surface area contributed by atoms with Crippen molar-refractivity contribution < 1.29 is 31.3 Å². The number of hydrogen-bond acceptors (Lipinski definition) is 4. The Labute approximate surface area is 154 Å². The van der Waals surface area contributed by atoms with Crippen LogP contribution in [0.25, 0.3) is 0 Å². The number of carbonyl (C=O) groups is 1. The van der Waals surface area contributed by atoms with Crippen molar-refractivity contribution in [3.8, 4) is 0 Å². The van der Waals surface area contributed by atoms with E-state index in [4.69, 9.17) is 4.55 Å². The Morgan fingerprint density at radius 2 is 1.52 bits per heavy atom. The molecule has 8 heteroatoms. The van der Waals surface area contributed by atoms with Crippen molar-refractivity contribution >= 4 is 16.1 Å². The summed E-state index contributed by atoms with van der Waals surface area (Å²) in [7, 11) is -5.65. The Hall–Kier alpha value is -2.32. The molecule has 27 heavy (non-hydrogen) atoms. The maximum absolute atomic E-state index is 13.4. The van der Waals surface area contributed by atoms with E-state index in [1.165, 1.54) is 0 Å². The van der Waals surface area contributed by atoms with Crippen LogP contribution in [0.15, 0.2) is 48.5 Å². The van der Waals surface area contributed by atoms with Gasteiger partial charge in [0.05, 0.1) is 5.92 Å². The third kappa shape index (κ3) is 2.83. The van der Waals surface area contributed by atoms with Gasteiger partial charge in [0.15, 0.2) is 6.61 Å². The molecule has 0 saturated carbocycles. The lowest BCUT2D eigenvalue weighted by molar-refractivity contribution is -0.155. The minimum atomic E-state index is -5.65. The second kappa shape index (κ2) is 6.10. The fraction of sp³-hybridized carbons (Fsp3) is 0.316. The largest absolute Gasteiger partial charge is 0.458 e. The summed E-state index contributed by atoms with van der Waals surface area (Å²) in [5.74, 6) is -1.98. The molecule has 5 nitrogen and oxygen atoms in total. The lowest BCUT2D eigenvalue weighted by Gasteiger charge is -2.44. The molecule has 0 aromatic heterocycles. The van der Waals surface area contributed by atoms with Gasteiger partial charge in [0, 0.05) is 11.8 Å². The highest BCUT2D eigenvalue weighted by Gasteiger charge is 2.49. The summed E-state index contributed by atoms with van der Waals surface area (Å²) in [6, 6.07) is 15.4. The summed E-state index contributed by atoms with van der Waals surface area (Å²) in [4.78, 5) is 12.5. The molecular weight excluding hydrogens is 378 g/mol. The van der Waals surface area contributed by atoms with Gasteiger partial charge >= 0.3 is 21.3 Å². The Bertz CT molecular complexity index is 971. The summed E-state index contributed by atoms with van der Waals surface area (Å²) >= 11 is 0. The van der Waals surface area contributed by atoms with Crippen molar-refractivity contribution in [3.05, 3.63) is 70.8 Å². The SMILES string of the molecule is O=C(OCC(F)(F)S(=O)(=O)O)C1CC2c3ccccc3C1c1ccccc12. The van der Waals surface area contributed by atoms with Gasteiger partial charge < -0.3 is 4.74 Å². The minimum absolute atomic E-state index is 0.0537. The maximum atomic E-state index is 13.4. The Kier molecular flexibility index (Phi) is 4.08. The fourth-order valence-corrected chi connectivity index (χ4v) is 4.41. The highest BCUT2D eigenvalue weighted by molar-refractivity contribution is 7.86. The van der Waals surface area contributed by atoms with Crippen LogP contribution < -0.4 is 0 Å². The highest BCUT2D eigenvalue weighted by atomic mass is 32.2. The molecule has 2 bridgehead atoms. The zero-order valence-corrected chi connectivity index (χ0v) is 14.8. The Morgan fingerprint density at radius 1 is 1.04 bits per heavy atom. The molecule has 2 aromatic carbocycles. The van der Waals surface area contributed by atoms with Crippen LogP contribution in [-0.2, 0) is 19.6 Å². The Balaban J connectivity index is 1.66. The molecule has 0 heterocycles. The first-order valence-corrected chi connectivity index (χ1v) is 9.84. The molecule has 1 unspecified atom stereocenters. The highest BCUT2D eigenvalue weighted by Crippen LogP contribution is 2.55. The van der Waals surface area contributed by atoms with Crippen molar-refractivity contribution in [2.45, 2.75) is 23.5 Å². The zero-order valence-electron chi connectivity index (χ0n) is 14.0. The first-order valence-electron chi connectivity index (χ1n) is 8.40. The quantitative estimate of drug-likeness (QED) is 0.636. The van der Waals surface area contributed by atoms with Gasteiger partial charge in [0.25, 0.3) is 0 Å². The van der Waals surface area contributed by atoms with Crippen molar-refractivity contribution in [1.29, 1.82) is 0 Å². The first-order chi connectivity index (χ1) is 12.7. The average Bonchev–Trinajstić information content (AvgIpc) is 2.65. The van der Waals surface area contributed by atoms with E-state index >= 15 is 0 Å². The summed E-state index contributed by atoms with van der Waals surface area (Å²) in [5, 5.41) is -4.54. The van der Waals surface area contributed by atoms with Gasteiger partial charge in [-0.25, -0.2) is 0 Å². The van der Waals surface area contributed by atoms with E-state index in [0.717, 1.165) is 22.3 Å². The molecule has 1 N–H and O–H groups in total. The lowest BCUT2D eigenvalue weighted by atomic mass is 9.59. The number of hydrogen-bond donors (Lipinski definition) is 1. The third-order valence-corrected chi connectivity index (χ3v) is 6.24. The summed E-state index contributed by atoms with van der Waals surface area (Å²) in [6.45, 7) is -1.71. The molecule has 0 spiro atoms. The number of esters is 1. The maximum Gasteiger partial charge on any atom is 0.402 e. The molecular formula is C19H16F2O5S. The molecule has 0 saturated heterocycles. The van der Waals surface area contributed by atoms with Crippen LogP contribution >= 0.6 is 0 Å². The predicted molar refractivity (Wildman–Crippen MR) is 92.1 cm³/mol. The molecule has 1 atom stereocenters. The van der Waals surface area contributed by atoms with Crippen LogP contribution in [0.2, 0.25) is 0 Å². The van der Waals surface area contributed by atoms with Crippen LogP contribution in [0, 0.1) is 5.92 Å². The normalized spacial score (nSPS) is 23.4. The lowest BCUT2D eigenvalue weighted by Crippen LogP contribution is -2.40. The van der Waals surface area contributed by atoms with Gasteiger partial charge in [-0.1, -0.05) is 48.5 Å². The number of ether oxygens (including phenoxy) is 1. The smallest absolute Gasteiger partial charge is 0.402 e. The second-order valence-electron chi connectivity index (χ2n) is 6.85. The summed E-state index contributed by atoms with van der Waals surface area (Å²) < 4.78 is 61.4. The van der Waals surface area contributed by atoms with E-state index in [2.05, 4.69) is 4.74 Å². The number of carbonyl (C=O) groups excluding carboxylic acids is 1. The van der Waals surface area contributed by atoms with E-state index in [-0.39, 0.29) is 11.8 Å². The minimum Gasteiger partial charge on any atom is -0.458 e. The van der Waals surface area contributed by atoms with Crippen LogP contribution in [0.1, 0.15) is 40.5 Å². The van der Waals surface area contributed by atoms with E-state index in [1.807, 2.05) is 48.5 Å². The van der Waals surface area contributed by atoms with Gasteiger partial charge in [0.2, 0.25) is 0 Å². The number of rotatable bonds is 4. The molecule has 142 valence electrons. The van der Waals surface area contributed by atoms with Crippen LogP contribution in [0.3, 0.4) is 0 Å². The van der Waals surface area contributed by atoms with Crippen molar-refractivity contribution in [3.63, 3.8) is 0 Å². The fourth-order valence-electron chi connectivity index (χ4n) is 4.20. The van der Waals surface area contributed by atoms with Gasteiger partial charge in [-0.3, -0.25) is 9.35 Å². The van der Waals surface area contributed by atoms with Crippen molar-refractivity contribution in [1.82, 2.24) is 0 Å². The van der Waals surface area contributed by atoms with Crippen LogP contribution in [0.4, 0.5) is 8.78 Å². The third-order valence-electron chi connectivity index (χ3n) is 5.37. The standard InChI is InChI=1S/C19H16F2O5S/c20-19(21,27(23,24)25)10-26-18(22)16-9-15-11-5-1-3-7-13(11)17(16)14-8-4-2-6-12(14)15/h1-8,15-17H,9-10H2,(H,23,24,25). The van der Waals surface area contributed by atoms with E-state index in [9.17, 15) is 22.0 Å². The topological polar surface area (TPSA) is 80.7 Å². The van der Waals surface area contributed by atoms with E-state index in [0.29, 0.717) is 6.42 Å². The van der Waals surface area contributed by atoms with Gasteiger partial charge in [-0.15, -0.1) is 0 Å². The van der Waals surface area contributed by atoms with Crippen LogP contribution in [-0.4, -0.2) is 30.8 Å². The molecule has 2 aromatic rings. The average molecular weight is 394 g/mol. The first kappa shape index (κ1) is 18.1. The second-order valence-corrected chi connectivity index (χ2v) is 8.40. The number of halogens is 2. The zero-order chi connectivity index (χ0) is 19.4. The number of benzene rings is 2. The van der Waals surface area contributed by atoms with Gasteiger partial charge in [-0.05, 0) is 28.7 Å². The van der Waals surface area contributed by atoms with Crippen LogP contribution in [0.5, 0.6) is 0 Å².